The molecule has 0 radical (unpaired) electrons. The van der Waals surface area contributed by atoms with Gasteiger partial charge in [0.1, 0.15) is 5.75 Å². The molecule has 0 bridgehead atoms. The van der Waals surface area contributed by atoms with Crippen molar-refractivity contribution in [3.8, 4) is 17.2 Å². The molecule has 5 rings (SSSR count). The van der Waals surface area contributed by atoms with E-state index in [0.29, 0.717) is 11.5 Å². The lowest BCUT2D eigenvalue weighted by atomic mass is 10.0. The Bertz CT molecular complexity index is 1260. The van der Waals surface area contributed by atoms with Crippen LogP contribution in [0.2, 0.25) is 0 Å². The summed E-state index contributed by atoms with van der Waals surface area (Å²) < 4.78 is 16.3. The van der Waals surface area contributed by atoms with Gasteiger partial charge < -0.3 is 29.7 Å². The number of nitrogens with one attached hydrogen (secondary N) is 2. The number of piperazine rings is 1. The predicted octanol–water partition coefficient (Wildman–Crippen LogP) is 3.17. The molecule has 38 heavy (non-hydrogen) atoms. The zero-order valence-corrected chi connectivity index (χ0v) is 22.3. The minimum Gasteiger partial charge on any atom is -0.495 e. The van der Waals surface area contributed by atoms with Crippen molar-refractivity contribution >= 4 is 28.8 Å². The SMILES string of the molecule is COc1ccccc1N1CCN([C@@H](c2cccs2)[C@H](C)NC(=O)C(=O)NCc2ccc3c(c2)OCO3)CC1. The average Bonchev–Trinajstić information content (AvgIpc) is 3.64. The highest BCUT2D eigenvalue weighted by Crippen LogP contribution is 2.33. The minimum absolute atomic E-state index is 0.0413. The maximum atomic E-state index is 12.8. The summed E-state index contributed by atoms with van der Waals surface area (Å²) in [5.74, 6) is 0.866. The molecule has 0 aliphatic carbocycles. The molecule has 3 heterocycles. The van der Waals surface area contributed by atoms with E-state index in [-0.39, 0.29) is 25.4 Å². The number of fused-ring (bicyclic) bond motifs is 1. The number of rotatable bonds is 8. The molecule has 0 spiro atoms. The van der Waals surface area contributed by atoms with E-state index in [1.807, 2.05) is 42.6 Å². The lowest BCUT2D eigenvalue weighted by Gasteiger charge is -2.42. The number of thiophene rings is 1. The smallest absolute Gasteiger partial charge is 0.309 e. The Balaban J connectivity index is 1.19. The first-order valence-electron chi connectivity index (χ1n) is 12.7. The van der Waals surface area contributed by atoms with Gasteiger partial charge in [0.05, 0.1) is 18.8 Å². The number of hydrogen-bond acceptors (Lipinski definition) is 8. The standard InChI is InChI=1S/C28H32N4O5S/c1-19(30-28(34)27(33)29-17-20-9-10-23-24(16-20)37-18-36-23)26(25-8-5-15-38-25)32-13-11-31(12-14-32)21-6-3-4-7-22(21)35-2/h3-10,15-16,19,26H,11-14,17-18H2,1-2H3,(H,29,33)(H,30,34)/t19-,26+/m0/s1. The number of amides is 2. The highest BCUT2D eigenvalue weighted by molar-refractivity contribution is 7.10. The van der Waals surface area contributed by atoms with Crippen LogP contribution in [-0.4, -0.2) is 62.8 Å². The second-order valence-electron chi connectivity index (χ2n) is 9.29. The number of methoxy groups -OCH3 is 1. The molecule has 0 unspecified atom stereocenters. The molecule has 1 aromatic heterocycles. The summed E-state index contributed by atoms with van der Waals surface area (Å²) in [5, 5.41) is 7.69. The molecule has 2 amide bonds. The first kappa shape index (κ1) is 25.9. The zero-order valence-electron chi connectivity index (χ0n) is 21.5. The van der Waals surface area contributed by atoms with Gasteiger partial charge in [-0.05, 0) is 48.2 Å². The Morgan fingerprint density at radius 3 is 2.55 bits per heavy atom. The van der Waals surface area contributed by atoms with Gasteiger partial charge in [-0.25, -0.2) is 0 Å². The third kappa shape index (κ3) is 5.71. The summed E-state index contributed by atoms with van der Waals surface area (Å²) in [5.41, 5.74) is 1.91. The summed E-state index contributed by atoms with van der Waals surface area (Å²) in [7, 11) is 1.69. The predicted molar refractivity (Wildman–Crippen MR) is 146 cm³/mol. The molecule has 2 aromatic carbocycles. The molecule has 0 saturated carbocycles. The van der Waals surface area contributed by atoms with Crippen LogP contribution >= 0.6 is 11.3 Å². The van der Waals surface area contributed by atoms with Crippen LogP contribution in [0, 0.1) is 0 Å². The van der Waals surface area contributed by atoms with Crippen LogP contribution in [0.15, 0.2) is 60.0 Å². The number of para-hydroxylation sites is 2. The van der Waals surface area contributed by atoms with Gasteiger partial charge in [-0.2, -0.15) is 0 Å². The van der Waals surface area contributed by atoms with Crippen LogP contribution in [0.1, 0.15) is 23.4 Å². The van der Waals surface area contributed by atoms with Crippen LogP contribution in [-0.2, 0) is 16.1 Å². The molecule has 200 valence electrons. The number of carbonyl (C=O) groups is 2. The number of hydrogen-bond donors (Lipinski definition) is 2. The molecule has 3 aromatic rings. The minimum atomic E-state index is -0.666. The molecule has 2 N–H and O–H groups in total. The Labute approximate surface area is 226 Å². The molecule has 2 atom stereocenters. The lowest BCUT2D eigenvalue weighted by molar-refractivity contribution is -0.140. The van der Waals surface area contributed by atoms with Gasteiger partial charge in [0.2, 0.25) is 6.79 Å². The highest BCUT2D eigenvalue weighted by Gasteiger charge is 2.32. The van der Waals surface area contributed by atoms with Gasteiger partial charge >= 0.3 is 11.8 Å². The van der Waals surface area contributed by atoms with Crippen molar-refractivity contribution in [2.24, 2.45) is 0 Å². The summed E-state index contributed by atoms with van der Waals surface area (Å²) in [6.07, 6.45) is 0. The van der Waals surface area contributed by atoms with Crippen LogP contribution in [0.5, 0.6) is 17.2 Å². The van der Waals surface area contributed by atoms with Crippen LogP contribution in [0.25, 0.3) is 0 Å². The van der Waals surface area contributed by atoms with Crippen molar-refractivity contribution in [3.63, 3.8) is 0 Å². The first-order valence-corrected chi connectivity index (χ1v) is 13.5. The number of nitrogens with zero attached hydrogens (tertiary/aromatic N) is 2. The van der Waals surface area contributed by atoms with Crippen LogP contribution < -0.4 is 29.7 Å². The highest BCUT2D eigenvalue weighted by atomic mass is 32.1. The Kier molecular flexibility index (Phi) is 8.00. The molecular formula is C28H32N4O5S. The largest absolute Gasteiger partial charge is 0.495 e. The van der Waals surface area contributed by atoms with E-state index in [9.17, 15) is 9.59 Å². The van der Waals surface area contributed by atoms with Gasteiger partial charge in [-0.15, -0.1) is 11.3 Å². The number of benzene rings is 2. The van der Waals surface area contributed by atoms with Gasteiger partial charge in [-0.3, -0.25) is 14.5 Å². The molecule has 9 nitrogen and oxygen atoms in total. The van der Waals surface area contributed by atoms with E-state index < -0.39 is 11.8 Å². The Morgan fingerprint density at radius 1 is 1.00 bits per heavy atom. The van der Waals surface area contributed by atoms with E-state index in [1.165, 1.54) is 0 Å². The summed E-state index contributed by atoms with van der Waals surface area (Å²) in [6, 6.07) is 17.3. The first-order chi connectivity index (χ1) is 18.5. The molecule has 2 aliphatic heterocycles. The quantitative estimate of drug-likeness (QED) is 0.428. The van der Waals surface area contributed by atoms with Crippen LogP contribution in [0.4, 0.5) is 5.69 Å². The zero-order chi connectivity index (χ0) is 26.5. The summed E-state index contributed by atoms with van der Waals surface area (Å²) >= 11 is 1.66. The number of carbonyl (C=O) groups excluding carboxylic acids is 2. The van der Waals surface area contributed by atoms with Crippen molar-refractivity contribution in [2.75, 3.05) is 45.0 Å². The van der Waals surface area contributed by atoms with E-state index in [1.54, 1.807) is 30.6 Å². The second kappa shape index (κ2) is 11.7. The maximum Gasteiger partial charge on any atom is 0.309 e. The van der Waals surface area contributed by atoms with E-state index >= 15 is 0 Å². The summed E-state index contributed by atoms with van der Waals surface area (Å²) in [4.78, 5) is 31.3. The topological polar surface area (TPSA) is 92.4 Å². The molecule has 1 saturated heterocycles. The molecule has 2 aliphatic rings. The lowest BCUT2D eigenvalue weighted by Crippen LogP contribution is -2.53. The van der Waals surface area contributed by atoms with Crippen molar-refractivity contribution in [1.82, 2.24) is 15.5 Å². The van der Waals surface area contributed by atoms with Crippen molar-refractivity contribution in [1.29, 1.82) is 0 Å². The van der Waals surface area contributed by atoms with Gasteiger partial charge in [-0.1, -0.05) is 24.3 Å². The van der Waals surface area contributed by atoms with Crippen LogP contribution in [0.3, 0.4) is 0 Å². The van der Waals surface area contributed by atoms with E-state index in [2.05, 4.69) is 32.6 Å². The van der Waals surface area contributed by atoms with Crippen molar-refractivity contribution in [2.45, 2.75) is 25.6 Å². The van der Waals surface area contributed by atoms with Crippen molar-refractivity contribution < 1.29 is 23.8 Å². The summed E-state index contributed by atoms with van der Waals surface area (Å²) in [6.45, 7) is 5.66. The molecule has 10 heteroatoms. The second-order valence-corrected chi connectivity index (χ2v) is 10.3. The van der Waals surface area contributed by atoms with E-state index in [4.69, 9.17) is 14.2 Å². The fourth-order valence-electron chi connectivity index (χ4n) is 5.00. The third-order valence-electron chi connectivity index (χ3n) is 6.90. The fourth-order valence-corrected chi connectivity index (χ4v) is 5.96. The van der Waals surface area contributed by atoms with E-state index in [0.717, 1.165) is 48.1 Å². The Hall–Kier alpha value is -3.76. The molecule has 1 fully saturated rings. The monoisotopic (exact) mass is 536 g/mol. The fraction of sp³-hybridized carbons (Fsp3) is 0.357. The van der Waals surface area contributed by atoms with Gasteiger partial charge in [0, 0.05) is 43.6 Å². The average molecular weight is 537 g/mol. The normalized spacial score (nSPS) is 16.5. The Morgan fingerprint density at radius 2 is 1.79 bits per heavy atom. The number of anilines is 1. The van der Waals surface area contributed by atoms with Gasteiger partial charge in [0.15, 0.2) is 11.5 Å². The number of ether oxygens (including phenoxy) is 3. The van der Waals surface area contributed by atoms with Crippen molar-refractivity contribution in [3.05, 3.63) is 70.4 Å². The molecular weight excluding hydrogens is 504 g/mol. The third-order valence-corrected chi connectivity index (χ3v) is 7.84. The van der Waals surface area contributed by atoms with Gasteiger partial charge in [0.25, 0.3) is 0 Å². The maximum absolute atomic E-state index is 12.8.